The average molecular weight is 474 g/mol. The molecule has 1 N–H and O–H groups in total. The summed E-state index contributed by atoms with van der Waals surface area (Å²) in [5.74, 6) is 1.03. The van der Waals surface area contributed by atoms with Crippen LogP contribution in [0.15, 0.2) is 29.3 Å². The van der Waals surface area contributed by atoms with E-state index in [-0.39, 0.29) is 24.0 Å². The first-order chi connectivity index (χ1) is 12.1. The Kier molecular flexibility index (Phi) is 11.0. The molecule has 0 atom stereocenters. The van der Waals surface area contributed by atoms with Crippen LogP contribution in [0.3, 0.4) is 0 Å². The number of ether oxygens (including phenoxy) is 1. The van der Waals surface area contributed by atoms with Gasteiger partial charge in [-0.2, -0.15) is 0 Å². The molecule has 0 spiro atoms. The van der Waals surface area contributed by atoms with Crippen molar-refractivity contribution in [1.29, 1.82) is 0 Å². The van der Waals surface area contributed by atoms with E-state index in [0.717, 1.165) is 57.9 Å². The molecule has 2 rings (SSSR count). The van der Waals surface area contributed by atoms with E-state index in [2.05, 4.69) is 65.4 Å². The fraction of sp³-hybridized carbons (Fsp3) is 0.650. The second kappa shape index (κ2) is 12.4. The van der Waals surface area contributed by atoms with Gasteiger partial charge >= 0.3 is 0 Å². The molecule has 148 valence electrons. The number of halogens is 1. The third kappa shape index (κ3) is 7.31. The molecule has 0 unspecified atom stereocenters. The number of nitrogens with one attached hydrogen (secondary N) is 1. The lowest BCUT2D eigenvalue weighted by Crippen LogP contribution is -2.47. The van der Waals surface area contributed by atoms with E-state index in [1.54, 1.807) is 0 Å². The fourth-order valence-corrected chi connectivity index (χ4v) is 3.26. The first-order valence-corrected chi connectivity index (χ1v) is 9.47. The van der Waals surface area contributed by atoms with E-state index in [1.165, 1.54) is 11.3 Å². The number of benzene rings is 1. The van der Waals surface area contributed by atoms with Crippen LogP contribution in [0.1, 0.15) is 31.7 Å². The zero-order chi connectivity index (χ0) is 18.1. The van der Waals surface area contributed by atoms with Crippen LogP contribution in [-0.4, -0.2) is 64.3 Å². The van der Waals surface area contributed by atoms with Crippen molar-refractivity contribution in [2.75, 3.05) is 52.3 Å². The lowest BCUT2D eigenvalue weighted by Gasteiger charge is -2.34. The minimum Gasteiger partial charge on any atom is -0.378 e. The van der Waals surface area contributed by atoms with Crippen LogP contribution in [0.25, 0.3) is 0 Å². The highest BCUT2D eigenvalue weighted by Crippen LogP contribution is 2.14. The fourth-order valence-electron chi connectivity index (χ4n) is 3.26. The Labute approximate surface area is 176 Å². The second-order valence-corrected chi connectivity index (χ2v) is 6.78. The first kappa shape index (κ1) is 23.0. The highest BCUT2D eigenvalue weighted by molar-refractivity contribution is 14.0. The predicted molar refractivity (Wildman–Crippen MR) is 122 cm³/mol. The average Bonchev–Trinajstić information content (AvgIpc) is 2.63. The topological polar surface area (TPSA) is 40.1 Å². The van der Waals surface area contributed by atoms with Crippen LogP contribution in [0.4, 0.5) is 5.69 Å². The number of hydrogen-bond acceptors (Lipinski definition) is 3. The second-order valence-electron chi connectivity index (χ2n) is 6.78. The van der Waals surface area contributed by atoms with Crippen molar-refractivity contribution in [2.24, 2.45) is 4.99 Å². The summed E-state index contributed by atoms with van der Waals surface area (Å²) < 4.78 is 5.73. The molecule has 5 nitrogen and oxygen atoms in total. The van der Waals surface area contributed by atoms with Gasteiger partial charge in [0.05, 0.1) is 6.10 Å². The van der Waals surface area contributed by atoms with Gasteiger partial charge < -0.3 is 19.9 Å². The molecule has 1 heterocycles. The number of nitrogens with zero attached hydrogens (tertiary/aromatic N) is 3. The number of guanidine groups is 1. The number of aryl methyl sites for hydroxylation is 1. The van der Waals surface area contributed by atoms with Gasteiger partial charge in [-0.15, -0.1) is 24.0 Å². The summed E-state index contributed by atoms with van der Waals surface area (Å²) >= 11 is 0. The summed E-state index contributed by atoms with van der Waals surface area (Å²) in [6.07, 6.45) is 4.80. The Hall–Kier alpha value is -1.02. The quantitative estimate of drug-likeness (QED) is 0.285. The standard InChI is InChI=1S/C20H34N4O.HI/c1-5-25-19-12-15-24(16-13-19)20(21-2)22-14-6-7-17-8-10-18(11-9-17)23(3)4;/h8-11,19H,5-7,12-16H2,1-4H3,(H,21,22);1H. The van der Waals surface area contributed by atoms with Gasteiger partial charge in [-0.25, -0.2) is 0 Å². The van der Waals surface area contributed by atoms with Crippen molar-refractivity contribution < 1.29 is 4.74 Å². The molecule has 26 heavy (non-hydrogen) atoms. The first-order valence-electron chi connectivity index (χ1n) is 9.47. The molecular formula is C20H35IN4O. The van der Waals surface area contributed by atoms with Crippen LogP contribution >= 0.6 is 24.0 Å². The van der Waals surface area contributed by atoms with Gasteiger partial charge in [0.25, 0.3) is 0 Å². The van der Waals surface area contributed by atoms with Gasteiger partial charge in [-0.3, -0.25) is 4.99 Å². The van der Waals surface area contributed by atoms with Gasteiger partial charge in [0.2, 0.25) is 0 Å². The maximum Gasteiger partial charge on any atom is 0.193 e. The van der Waals surface area contributed by atoms with E-state index in [4.69, 9.17) is 4.74 Å². The molecule has 1 saturated heterocycles. The summed E-state index contributed by atoms with van der Waals surface area (Å²) in [4.78, 5) is 8.92. The molecule has 0 amide bonds. The Morgan fingerprint density at radius 3 is 2.42 bits per heavy atom. The molecule has 0 radical (unpaired) electrons. The molecule has 0 bridgehead atoms. The van der Waals surface area contributed by atoms with Crippen LogP contribution in [0.2, 0.25) is 0 Å². The zero-order valence-electron chi connectivity index (χ0n) is 16.7. The van der Waals surface area contributed by atoms with Crippen molar-refractivity contribution in [3.05, 3.63) is 29.8 Å². The van der Waals surface area contributed by atoms with E-state index in [1.807, 2.05) is 7.05 Å². The lowest BCUT2D eigenvalue weighted by atomic mass is 10.1. The number of anilines is 1. The Morgan fingerprint density at radius 2 is 1.88 bits per heavy atom. The third-order valence-electron chi connectivity index (χ3n) is 4.73. The maximum absolute atomic E-state index is 5.73. The van der Waals surface area contributed by atoms with Crippen LogP contribution < -0.4 is 10.2 Å². The van der Waals surface area contributed by atoms with Crippen LogP contribution in [0.5, 0.6) is 0 Å². The molecule has 1 fully saturated rings. The molecule has 0 saturated carbocycles. The smallest absolute Gasteiger partial charge is 0.193 e. The van der Waals surface area contributed by atoms with Crippen molar-refractivity contribution in [3.8, 4) is 0 Å². The molecule has 1 aromatic rings. The Balaban J connectivity index is 0.00000338. The van der Waals surface area contributed by atoms with Crippen LogP contribution in [0, 0.1) is 0 Å². The summed E-state index contributed by atoms with van der Waals surface area (Å²) in [6.45, 7) is 5.88. The summed E-state index contributed by atoms with van der Waals surface area (Å²) in [5, 5.41) is 3.51. The molecule has 1 aliphatic heterocycles. The molecular weight excluding hydrogens is 439 g/mol. The van der Waals surface area contributed by atoms with E-state index in [9.17, 15) is 0 Å². The van der Waals surface area contributed by atoms with E-state index in [0.29, 0.717) is 6.10 Å². The highest BCUT2D eigenvalue weighted by atomic mass is 127. The number of likely N-dealkylation sites (tertiary alicyclic amines) is 1. The predicted octanol–water partition coefficient (Wildman–Crippen LogP) is 3.38. The number of hydrogen-bond donors (Lipinski definition) is 1. The maximum atomic E-state index is 5.73. The lowest BCUT2D eigenvalue weighted by molar-refractivity contribution is 0.0264. The van der Waals surface area contributed by atoms with Crippen molar-refractivity contribution >= 4 is 35.6 Å². The summed E-state index contributed by atoms with van der Waals surface area (Å²) in [6, 6.07) is 8.82. The summed E-state index contributed by atoms with van der Waals surface area (Å²) in [7, 11) is 6.01. The third-order valence-corrected chi connectivity index (χ3v) is 4.73. The number of piperidine rings is 1. The summed E-state index contributed by atoms with van der Waals surface area (Å²) in [5.41, 5.74) is 2.64. The molecule has 0 aromatic heterocycles. The highest BCUT2D eigenvalue weighted by Gasteiger charge is 2.21. The van der Waals surface area contributed by atoms with Crippen LogP contribution in [-0.2, 0) is 11.2 Å². The van der Waals surface area contributed by atoms with Gasteiger partial charge in [-0.05, 0) is 50.3 Å². The molecule has 6 heteroatoms. The molecule has 1 aromatic carbocycles. The SMILES string of the molecule is CCOC1CCN(C(=NC)NCCCc2ccc(N(C)C)cc2)CC1.I. The largest absolute Gasteiger partial charge is 0.378 e. The van der Waals surface area contributed by atoms with Crippen molar-refractivity contribution in [1.82, 2.24) is 10.2 Å². The van der Waals surface area contributed by atoms with E-state index >= 15 is 0 Å². The molecule has 0 aliphatic carbocycles. The Bertz CT molecular complexity index is 525. The Morgan fingerprint density at radius 1 is 1.23 bits per heavy atom. The monoisotopic (exact) mass is 474 g/mol. The van der Waals surface area contributed by atoms with Gasteiger partial charge in [0, 0.05) is 53.1 Å². The van der Waals surface area contributed by atoms with Crippen molar-refractivity contribution in [2.45, 2.75) is 38.7 Å². The van der Waals surface area contributed by atoms with E-state index < -0.39 is 0 Å². The molecule has 1 aliphatic rings. The van der Waals surface area contributed by atoms with Gasteiger partial charge in [-0.1, -0.05) is 12.1 Å². The minimum absolute atomic E-state index is 0. The minimum atomic E-state index is 0. The number of rotatable bonds is 7. The van der Waals surface area contributed by atoms with Crippen molar-refractivity contribution in [3.63, 3.8) is 0 Å². The zero-order valence-corrected chi connectivity index (χ0v) is 19.0. The number of aliphatic imine (C=N–C) groups is 1. The van der Waals surface area contributed by atoms with Gasteiger partial charge in [0.1, 0.15) is 0 Å². The van der Waals surface area contributed by atoms with Gasteiger partial charge in [0.15, 0.2) is 5.96 Å². The normalized spacial score (nSPS) is 15.5.